The van der Waals surface area contributed by atoms with Crippen LogP contribution in [0.3, 0.4) is 0 Å². The van der Waals surface area contributed by atoms with Crippen LogP contribution in [0.2, 0.25) is 0 Å². The van der Waals surface area contributed by atoms with Crippen LogP contribution in [-0.2, 0) is 0 Å². The second kappa shape index (κ2) is 6.27. The van der Waals surface area contributed by atoms with Crippen molar-refractivity contribution in [2.24, 2.45) is 5.84 Å². The van der Waals surface area contributed by atoms with Gasteiger partial charge in [0, 0.05) is 36.5 Å². The Morgan fingerprint density at radius 2 is 2.24 bits per heavy atom. The SMILES string of the molecule is CCC1CN(c2nc(NN)nc(-n3ccnc3)n2)CCS1. The fourth-order valence-electron chi connectivity index (χ4n) is 2.20. The van der Waals surface area contributed by atoms with E-state index in [4.69, 9.17) is 5.84 Å². The molecule has 0 aromatic carbocycles. The summed E-state index contributed by atoms with van der Waals surface area (Å²) >= 11 is 2.01. The van der Waals surface area contributed by atoms with Gasteiger partial charge in [0.05, 0.1) is 0 Å². The first-order chi connectivity index (χ1) is 10.3. The lowest BCUT2D eigenvalue weighted by molar-refractivity contribution is 0.703. The van der Waals surface area contributed by atoms with Crippen molar-refractivity contribution >= 4 is 23.7 Å². The largest absolute Gasteiger partial charge is 0.339 e. The number of anilines is 2. The van der Waals surface area contributed by atoms with Crippen LogP contribution in [0, 0.1) is 0 Å². The number of nitrogens with one attached hydrogen (secondary N) is 1. The maximum absolute atomic E-state index is 5.47. The third kappa shape index (κ3) is 3.08. The van der Waals surface area contributed by atoms with Gasteiger partial charge in [-0.2, -0.15) is 26.7 Å². The summed E-state index contributed by atoms with van der Waals surface area (Å²) in [6.45, 7) is 4.08. The predicted octanol–water partition coefficient (Wildman–Crippen LogP) is 0.675. The Labute approximate surface area is 127 Å². The van der Waals surface area contributed by atoms with Gasteiger partial charge >= 0.3 is 0 Å². The molecule has 3 heterocycles. The van der Waals surface area contributed by atoms with Crippen molar-refractivity contribution in [1.29, 1.82) is 0 Å². The molecule has 2 aromatic heterocycles. The van der Waals surface area contributed by atoms with Crippen molar-refractivity contribution < 1.29 is 0 Å². The van der Waals surface area contributed by atoms with Gasteiger partial charge in [-0.05, 0) is 6.42 Å². The number of imidazole rings is 1. The molecule has 0 amide bonds. The second-order valence-corrected chi connectivity index (χ2v) is 6.13. The van der Waals surface area contributed by atoms with E-state index >= 15 is 0 Å². The molecule has 0 bridgehead atoms. The van der Waals surface area contributed by atoms with E-state index in [1.165, 1.54) is 0 Å². The molecule has 2 aromatic rings. The normalized spacial score (nSPS) is 18.8. The van der Waals surface area contributed by atoms with Gasteiger partial charge in [-0.3, -0.25) is 9.99 Å². The van der Waals surface area contributed by atoms with Gasteiger partial charge in [0.1, 0.15) is 6.33 Å². The van der Waals surface area contributed by atoms with Gasteiger partial charge in [-0.15, -0.1) is 0 Å². The number of hydrazine groups is 1. The molecule has 0 aliphatic carbocycles. The Balaban J connectivity index is 1.92. The molecule has 0 radical (unpaired) electrons. The van der Waals surface area contributed by atoms with E-state index in [1.54, 1.807) is 23.3 Å². The average molecular weight is 306 g/mol. The van der Waals surface area contributed by atoms with Crippen LogP contribution < -0.4 is 16.2 Å². The maximum atomic E-state index is 5.47. The molecular weight excluding hydrogens is 288 g/mol. The highest BCUT2D eigenvalue weighted by atomic mass is 32.2. The lowest BCUT2D eigenvalue weighted by Crippen LogP contribution is -2.39. The maximum Gasteiger partial charge on any atom is 0.243 e. The van der Waals surface area contributed by atoms with Crippen molar-refractivity contribution in [3.63, 3.8) is 0 Å². The Morgan fingerprint density at radius 1 is 1.38 bits per heavy atom. The molecule has 0 saturated carbocycles. The van der Waals surface area contributed by atoms with Crippen molar-refractivity contribution in [3.8, 4) is 5.95 Å². The standard InChI is InChI=1S/C12H18N8S/c1-2-9-7-19(5-6-21-9)11-15-10(18-13)16-12(17-11)20-4-3-14-8-20/h3-4,8-9H,2,5-7,13H2,1H3,(H,15,16,17,18). The van der Waals surface area contributed by atoms with Crippen LogP contribution in [0.15, 0.2) is 18.7 Å². The first kappa shape index (κ1) is 14.1. The number of nitrogens with two attached hydrogens (primary N) is 1. The number of aromatic nitrogens is 5. The number of nitrogens with zero attached hydrogens (tertiary/aromatic N) is 6. The molecule has 1 fully saturated rings. The van der Waals surface area contributed by atoms with E-state index in [1.807, 2.05) is 11.8 Å². The molecular formula is C12H18N8S. The molecule has 3 rings (SSSR count). The zero-order valence-corrected chi connectivity index (χ0v) is 12.6. The fourth-order valence-corrected chi connectivity index (χ4v) is 3.38. The molecule has 21 heavy (non-hydrogen) atoms. The van der Waals surface area contributed by atoms with Crippen LogP contribution in [0.4, 0.5) is 11.9 Å². The van der Waals surface area contributed by atoms with Crippen molar-refractivity contribution in [2.45, 2.75) is 18.6 Å². The van der Waals surface area contributed by atoms with Crippen LogP contribution in [-0.4, -0.2) is 48.6 Å². The monoisotopic (exact) mass is 306 g/mol. The molecule has 1 aliphatic heterocycles. The van der Waals surface area contributed by atoms with Crippen LogP contribution in [0.25, 0.3) is 5.95 Å². The van der Waals surface area contributed by atoms with E-state index in [2.05, 4.69) is 37.2 Å². The molecule has 112 valence electrons. The molecule has 1 atom stereocenters. The molecule has 1 unspecified atom stereocenters. The zero-order valence-electron chi connectivity index (χ0n) is 11.8. The van der Waals surface area contributed by atoms with Gasteiger partial charge in [0.15, 0.2) is 0 Å². The van der Waals surface area contributed by atoms with E-state index in [9.17, 15) is 0 Å². The Bertz CT molecular complexity index is 587. The molecule has 1 saturated heterocycles. The number of hydrogen-bond donors (Lipinski definition) is 2. The summed E-state index contributed by atoms with van der Waals surface area (Å²) in [5.41, 5.74) is 2.51. The predicted molar refractivity (Wildman–Crippen MR) is 83.5 cm³/mol. The zero-order chi connectivity index (χ0) is 14.7. The average Bonchev–Trinajstić information content (AvgIpc) is 3.09. The van der Waals surface area contributed by atoms with Gasteiger partial charge in [0.25, 0.3) is 0 Å². The fraction of sp³-hybridized carbons (Fsp3) is 0.500. The van der Waals surface area contributed by atoms with E-state index in [0.717, 1.165) is 25.3 Å². The van der Waals surface area contributed by atoms with E-state index in [0.29, 0.717) is 23.1 Å². The number of rotatable bonds is 4. The van der Waals surface area contributed by atoms with Crippen molar-refractivity contribution in [3.05, 3.63) is 18.7 Å². The first-order valence-corrected chi connectivity index (χ1v) is 7.92. The highest BCUT2D eigenvalue weighted by Crippen LogP contribution is 2.24. The molecule has 9 heteroatoms. The van der Waals surface area contributed by atoms with E-state index < -0.39 is 0 Å². The van der Waals surface area contributed by atoms with Gasteiger partial charge in [0.2, 0.25) is 17.8 Å². The van der Waals surface area contributed by atoms with Crippen LogP contribution in [0.1, 0.15) is 13.3 Å². The third-order valence-corrected chi connectivity index (χ3v) is 4.73. The van der Waals surface area contributed by atoms with Crippen molar-refractivity contribution in [1.82, 2.24) is 24.5 Å². The first-order valence-electron chi connectivity index (χ1n) is 6.87. The van der Waals surface area contributed by atoms with Gasteiger partial charge < -0.3 is 4.90 Å². The smallest absolute Gasteiger partial charge is 0.243 e. The highest BCUT2D eigenvalue weighted by Gasteiger charge is 2.22. The Morgan fingerprint density at radius 3 is 2.95 bits per heavy atom. The highest BCUT2D eigenvalue weighted by molar-refractivity contribution is 8.00. The van der Waals surface area contributed by atoms with Crippen LogP contribution in [0.5, 0.6) is 0 Å². The molecule has 1 aliphatic rings. The summed E-state index contributed by atoms with van der Waals surface area (Å²) in [7, 11) is 0. The van der Waals surface area contributed by atoms with E-state index in [-0.39, 0.29) is 0 Å². The summed E-state index contributed by atoms with van der Waals surface area (Å²) in [5, 5.41) is 0.612. The minimum Gasteiger partial charge on any atom is -0.339 e. The van der Waals surface area contributed by atoms with Gasteiger partial charge in [-0.25, -0.2) is 10.8 Å². The minimum atomic E-state index is 0.356. The number of nitrogen functional groups attached to an aromatic ring is 1. The Hall–Kier alpha value is -1.87. The summed E-state index contributed by atoms with van der Waals surface area (Å²) in [5.74, 6) is 8.07. The summed E-state index contributed by atoms with van der Waals surface area (Å²) in [4.78, 5) is 19.4. The second-order valence-electron chi connectivity index (χ2n) is 4.72. The topological polar surface area (TPSA) is 97.8 Å². The minimum absolute atomic E-state index is 0.356. The van der Waals surface area contributed by atoms with Crippen LogP contribution >= 0.6 is 11.8 Å². The molecule has 3 N–H and O–H groups in total. The molecule has 8 nitrogen and oxygen atoms in total. The van der Waals surface area contributed by atoms with Gasteiger partial charge in [-0.1, -0.05) is 6.92 Å². The summed E-state index contributed by atoms with van der Waals surface area (Å²) in [6.07, 6.45) is 6.27. The quantitative estimate of drug-likeness (QED) is 0.628. The number of hydrogen-bond acceptors (Lipinski definition) is 8. The third-order valence-electron chi connectivity index (χ3n) is 3.35. The Kier molecular flexibility index (Phi) is 4.20. The number of thioether (sulfide) groups is 1. The lowest BCUT2D eigenvalue weighted by Gasteiger charge is -2.32. The lowest BCUT2D eigenvalue weighted by atomic mass is 10.3. The summed E-state index contributed by atoms with van der Waals surface area (Å²) < 4.78 is 1.74. The van der Waals surface area contributed by atoms with Crippen molar-refractivity contribution in [2.75, 3.05) is 29.2 Å². The molecule has 0 spiro atoms. The summed E-state index contributed by atoms with van der Waals surface area (Å²) in [6, 6.07) is 0.